The van der Waals surface area contributed by atoms with Gasteiger partial charge in [-0.3, -0.25) is 0 Å². The normalized spacial score (nSPS) is 13.4. The molecule has 0 radical (unpaired) electrons. The monoisotopic (exact) mass is 361 g/mol. The van der Waals surface area contributed by atoms with E-state index in [4.69, 9.17) is 4.74 Å². The lowest BCUT2D eigenvalue weighted by Gasteiger charge is -2.33. The maximum atomic E-state index is 11.1. The van der Waals surface area contributed by atoms with E-state index in [1.807, 2.05) is 78.9 Å². The van der Waals surface area contributed by atoms with E-state index in [2.05, 4.69) is 19.1 Å². The van der Waals surface area contributed by atoms with Crippen molar-refractivity contribution in [2.75, 3.05) is 6.61 Å². The number of nitrogens with zero attached hydrogens (tertiary/aromatic N) is 1. The molecule has 1 N–H and O–H groups in total. The summed E-state index contributed by atoms with van der Waals surface area (Å²) >= 11 is 0. The van der Waals surface area contributed by atoms with E-state index in [0.717, 1.165) is 23.1 Å². The van der Waals surface area contributed by atoms with Gasteiger partial charge in [-0.2, -0.15) is 5.06 Å². The van der Waals surface area contributed by atoms with Crippen molar-refractivity contribution in [3.8, 4) is 0 Å². The zero-order chi connectivity index (χ0) is 18.9. The molecule has 0 bridgehead atoms. The first-order valence-corrected chi connectivity index (χ1v) is 9.48. The number of hydrogen-bond acceptors (Lipinski definition) is 3. The Kier molecular flexibility index (Phi) is 7.17. The molecule has 3 rings (SSSR count). The van der Waals surface area contributed by atoms with E-state index in [-0.39, 0.29) is 12.1 Å². The number of benzene rings is 3. The Hall–Kier alpha value is -2.46. The Balaban J connectivity index is 1.76. The van der Waals surface area contributed by atoms with Crippen molar-refractivity contribution < 1.29 is 9.94 Å². The number of ether oxygens (including phenoxy) is 1. The van der Waals surface area contributed by atoms with Crippen molar-refractivity contribution >= 4 is 0 Å². The summed E-state index contributed by atoms with van der Waals surface area (Å²) in [6.07, 6.45) is 0.808. The number of hydroxylamine groups is 2. The highest BCUT2D eigenvalue weighted by atomic mass is 16.5. The topological polar surface area (TPSA) is 32.7 Å². The minimum Gasteiger partial charge on any atom is -0.375 e. The molecule has 0 fully saturated rings. The quantitative estimate of drug-likeness (QED) is 0.490. The highest BCUT2D eigenvalue weighted by Crippen LogP contribution is 2.31. The molecule has 27 heavy (non-hydrogen) atoms. The van der Waals surface area contributed by atoms with Gasteiger partial charge in [0.05, 0.1) is 25.3 Å². The molecule has 3 nitrogen and oxygen atoms in total. The van der Waals surface area contributed by atoms with Crippen LogP contribution in [-0.4, -0.2) is 16.9 Å². The number of hydrogen-bond donors (Lipinski definition) is 1. The van der Waals surface area contributed by atoms with Crippen molar-refractivity contribution in [1.29, 1.82) is 0 Å². The molecule has 0 saturated carbocycles. The van der Waals surface area contributed by atoms with Crippen LogP contribution in [0.15, 0.2) is 91.0 Å². The van der Waals surface area contributed by atoms with Crippen LogP contribution in [0.4, 0.5) is 0 Å². The molecule has 0 aromatic heterocycles. The zero-order valence-electron chi connectivity index (χ0n) is 15.7. The van der Waals surface area contributed by atoms with E-state index in [9.17, 15) is 5.21 Å². The van der Waals surface area contributed by atoms with E-state index >= 15 is 0 Å². The Morgan fingerprint density at radius 3 is 1.74 bits per heavy atom. The van der Waals surface area contributed by atoms with Gasteiger partial charge < -0.3 is 9.94 Å². The molecule has 0 saturated heterocycles. The molecule has 3 aromatic carbocycles. The average molecular weight is 361 g/mol. The zero-order valence-corrected chi connectivity index (χ0v) is 15.7. The van der Waals surface area contributed by atoms with Gasteiger partial charge in [0.25, 0.3) is 0 Å². The summed E-state index contributed by atoms with van der Waals surface area (Å²) in [6, 6.07) is 30.0. The molecular weight excluding hydrogens is 334 g/mol. The van der Waals surface area contributed by atoms with Crippen LogP contribution >= 0.6 is 0 Å². The Labute approximate surface area is 161 Å². The second kappa shape index (κ2) is 10.0. The van der Waals surface area contributed by atoms with Gasteiger partial charge in [-0.15, -0.1) is 0 Å². The molecule has 3 aromatic rings. The summed E-state index contributed by atoms with van der Waals surface area (Å²) in [5.41, 5.74) is 3.28. The fourth-order valence-electron chi connectivity index (χ4n) is 3.33. The molecular formula is C24H27NO2. The van der Waals surface area contributed by atoms with Gasteiger partial charge in [-0.1, -0.05) is 97.9 Å². The fourth-order valence-corrected chi connectivity index (χ4v) is 3.33. The molecule has 0 aliphatic carbocycles. The Bertz CT molecular complexity index is 777. The second-order valence-electron chi connectivity index (χ2n) is 6.64. The smallest absolute Gasteiger partial charge is 0.0840 e. The third-order valence-corrected chi connectivity index (χ3v) is 4.78. The Morgan fingerprint density at radius 1 is 0.741 bits per heavy atom. The summed E-state index contributed by atoms with van der Waals surface area (Å²) in [4.78, 5) is 0. The average Bonchev–Trinajstić information content (AvgIpc) is 2.74. The van der Waals surface area contributed by atoms with Gasteiger partial charge in [0, 0.05) is 0 Å². The minimum atomic E-state index is -0.236. The van der Waals surface area contributed by atoms with Crippen LogP contribution in [-0.2, 0) is 11.3 Å². The molecule has 0 heterocycles. The van der Waals surface area contributed by atoms with E-state index in [1.54, 1.807) is 0 Å². The SMILES string of the molecule is CC[C@H](c1ccccc1)N(O)[C@H](COCc1ccccc1)c1ccccc1. The molecule has 2 atom stereocenters. The third kappa shape index (κ3) is 5.27. The van der Waals surface area contributed by atoms with Crippen molar-refractivity contribution in [3.05, 3.63) is 108 Å². The highest BCUT2D eigenvalue weighted by molar-refractivity contribution is 5.22. The van der Waals surface area contributed by atoms with Gasteiger partial charge in [0.2, 0.25) is 0 Å². The summed E-state index contributed by atoms with van der Waals surface area (Å²) in [6.45, 7) is 3.03. The fraction of sp³-hybridized carbons (Fsp3) is 0.250. The molecule has 0 spiro atoms. The third-order valence-electron chi connectivity index (χ3n) is 4.78. The molecule has 0 unspecified atom stereocenters. The largest absolute Gasteiger partial charge is 0.375 e. The van der Waals surface area contributed by atoms with Crippen LogP contribution in [0.5, 0.6) is 0 Å². The van der Waals surface area contributed by atoms with E-state index in [1.165, 1.54) is 5.06 Å². The van der Waals surface area contributed by atoms with Gasteiger partial charge in [0.15, 0.2) is 0 Å². The van der Waals surface area contributed by atoms with Crippen molar-refractivity contribution in [2.45, 2.75) is 32.0 Å². The summed E-state index contributed by atoms with van der Waals surface area (Å²) < 4.78 is 5.99. The minimum absolute atomic E-state index is 0.0864. The molecule has 0 amide bonds. The van der Waals surface area contributed by atoms with Crippen molar-refractivity contribution in [1.82, 2.24) is 5.06 Å². The van der Waals surface area contributed by atoms with Gasteiger partial charge in [-0.25, -0.2) is 0 Å². The summed E-state index contributed by atoms with van der Waals surface area (Å²) in [5.74, 6) is 0. The van der Waals surface area contributed by atoms with Crippen molar-refractivity contribution in [3.63, 3.8) is 0 Å². The van der Waals surface area contributed by atoms with E-state index in [0.29, 0.717) is 13.2 Å². The lowest BCUT2D eigenvalue weighted by molar-refractivity contribution is -0.180. The predicted molar refractivity (Wildman–Crippen MR) is 108 cm³/mol. The lowest BCUT2D eigenvalue weighted by Crippen LogP contribution is -2.32. The van der Waals surface area contributed by atoms with Crippen LogP contribution in [0, 0.1) is 0 Å². The van der Waals surface area contributed by atoms with Gasteiger partial charge >= 0.3 is 0 Å². The first-order chi connectivity index (χ1) is 13.3. The van der Waals surface area contributed by atoms with E-state index < -0.39 is 0 Å². The van der Waals surface area contributed by atoms with Gasteiger partial charge in [0.1, 0.15) is 0 Å². The summed E-state index contributed by atoms with van der Waals surface area (Å²) in [7, 11) is 0. The lowest BCUT2D eigenvalue weighted by atomic mass is 10.00. The van der Waals surface area contributed by atoms with Crippen LogP contribution in [0.3, 0.4) is 0 Å². The van der Waals surface area contributed by atoms with Crippen LogP contribution in [0.25, 0.3) is 0 Å². The maximum absolute atomic E-state index is 11.1. The number of rotatable bonds is 9. The first-order valence-electron chi connectivity index (χ1n) is 9.48. The van der Waals surface area contributed by atoms with Crippen molar-refractivity contribution in [2.24, 2.45) is 0 Å². The highest BCUT2D eigenvalue weighted by Gasteiger charge is 2.26. The Morgan fingerprint density at radius 2 is 1.22 bits per heavy atom. The maximum Gasteiger partial charge on any atom is 0.0840 e. The predicted octanol–water partition coefficient (Wildman–Crippen LogP) is 5.79. The standard InChI is InChI=1S/C24H27NO2/c1-2-23(21-14-8-4-9-15-21)25(26)24(22-16-10-5-11-17-22)19-27-18-20-12-6-3-7-13-20/h3-17,23-24,26H,2,18-19H2,1H3/t23-,24-/m1/s1. The van der Waals surface area contributed by atoms with Crippen LogP contribution < -0.4 is 0 Å². The molecule has 0 aliphatic rings. The van der Waals surface area contributed by atoms with Crippen LogP contribution in [0.1, 0.15) is 42.1 Å². The molecule has 0 aliphatic heterocycles. The molecule has 3 heteroatoms. The molecule has 140 valence electrons. The van der Waals surface area contributed by atoms with Crippen LogP contribution in [0.2, 0.25) is 0 Å². The second-order valence-corrected chi connectivity index (χ2v) is 6.64. The van der Waals surface area contributed by atoms with Gasteiger partial charge in [-0.05, 0) is 23.1 Å². The summed E-state index contributed by atoms with van der Waals surface area (Å²) in [5, 5.41) is 12.6. The first kappa shape index (κ1) is 19.3.